The number of nitrogens with one attached hydrogen (secondary N) is 1. The number of carbonyl (C=O) groups is 2. The fraction of sp³-hybridized carbons (Fsp3) is 0.238. The maximum atomic E-state index is 12.8. The molecule has 4 rings (SSSR count). The van der Waals surface area contributed by atoms with Crippen LogP contribution in [-0.2, 0) is 7.05 Å². The molecule has 2 aromatic heterocycles. The van der Waals surface area contributed by atoms with Gasteiger partial charge in [-0.15, -0.1) is 0 Å². The highest BCUT2D eigenvalue weighted by Crippen LogP contribution is 2.22. The molecule has 0 unspecified atom stereocenters. The van der Waals surface area contributed by atoms with Crippen molar-refractivity contribution in [2.24, 2.45) is 7.05 Å². The number of halogens is 1. The largest absolute Gasteiger partial charge is 0.383 e. The van der Waals surface area contributed by atoms with Crippen molar-refractivity contribution in [2.75, 3.05) is 18.8 Å². The monoisotopic (exact) mass is 468 g/mol. The van der Waals surface area contributed by atoms with E-state index in [1.54, 1.807) is 40.2 Å². The van der Waals surface area contributed by atoms with E-state index in [0.29, 0.717) is 30.6 Å². The van der Waals surface area contributed by atoms with E-state index in [4.69, 9.17) is 5.73 Å². The SMILES string of the molecule is Cn1cc(-c2cnc(N)c(C(=O)N[C@@H]3CCN(C(=O)c4ccc(Br)cc4)C3)c2)cn1. The Bertz CT molecular complexity index is 1100. The molecule has 3 N–H and O–H groups in total. The first-order chi connectivity index (χ1) is 14.4. The van der Waals surface area contributed by atoms with Gasteiger partial charge in [-0.2, -0.15) is 5.10 Å². The smallest absolute Gasteiger partial charge is 0.255 e. The summed E-state index contributed by atoms with van der Waals surface area (Å²) in [4.78, 5) is 31.4. The number of hydrogen-bond donors (Lipinski definition) is 2. The van der Waals surface area contributed by atoms with Gasteiger partial charge >= 0.3 is 0 Å². The standard InChI is InChI=1S/C21H21BrN6O2/c1-27-11-15(10-25-27)14-8-18(19(23)24-9-14)20(29)26-17-6-7-28(12-17)21(30)13-2-4-16(22)5-3-13/h2-5,8-11,17H,6-7,12H2,1H3,(H2,23,24)(H,26,29)/t17-/m1/s1. The second-order valence-corrected chi connectivity index (χ2v) is 8.19. The first-order valence-corrected chi connectivity index (χ1v) is 10.3. The zero-order valence-electron chi connectivity index (χ0n) is 16.4. The van der Waals surface area contributed by atoms with Gasteiger partial charge in [0, 0.05) is 59.7 Å². The number of pyridine rings is 1. The highest BCUT2D eigenvalue weighted by Gasteiger charge is 2.28. The van der Waals surface area contributed by atoms with Crippen LogP contribution in [0.1, 0.15) is 27.1 Å². The maximum absolute atomic E-state index is 12.8. The molecule has 0 aliphatic carbocycles. The number of hydrogen-bond acceptors (Lipinski definition) is 5. The fourth-order valence-corrected chi connectivity index (χ4v) is 3.75. The minimum absolute atomic E-state index is 0.0426. The summed E-state index contributed by atoms with van der Waals surface area (Å²) in [6.07, 6.45) is 5.86. The average molecular weight is 469 g/mol. The van der Waals surface area contributed by atoms with E-state index in [1.165, 1.54) is 0 Å². The van der Waals surface area contributed by atoms with E-state index in [9.17, 15) is 9.59 Å². The summed E-state index contributed by atoms with van der Waals surface area (Å²) in [7, 11) is 1.82. The molecule has 1 aromatic carbocycles. The van der Waals surface area contributed by atoms with Crippen LogP contribution in [-0.4, -0.2) is 50.6 Å². The summed E-state index contributed by atoms with van der Waals surface area (Å²) in [5.41, 5.74) is 8.51. The topological polar surface area (TPSA) is 106 Å². The number of carbonyl (C=O) groups excluding carboxylic acids is 2. The van der Waals surface area contributed by atoms with E-state index in [-0.39, 0.29) is 23.7 Å². The molecule has 0 bridgehead atoms. The minimum Gasteiger partial charge on any atom is -0.383 e. The van der Waals surface area contributed by atoms with Gasteiger partial charge in [0.15, 0.2) is 0 Å². The molecule has 154 valence electrons. The zero-order chi connectivity index (χ0) is 21.3. The molecule has 1 aliphatic heterocycles. The average Bonchev–Trinajstić information content (AvgIpc) is 3.37. The second kappa shape index (κ2) is 8.27. The Labute approximate surface area is 182 Å². The van der Waals surface area contributed by atoms with Gasteiger partial charge in [-0.3, -0.25) is 14.3 Å². The molecule has 1 saturated heterocycles. The second-order valence-electron chi connectivity index (χ2n) is 7.28. The summed E-state index contributed by atoms with van der Waals surface area (Å²) in [5, 5.41) is 7.13. The Morgan fingerprint density at radius 2 is 1.97 bits per heavy atom. The number of aromatic nitrogens is 3. The van der Waals surface area contributed by atoms with Gasteiger partial charge in [-0.25, -0.2) is 4.98 Å². The van der Waals surface area contributed by atoms with Gasteiger partial charge in [0.25, 0.3) is 11.8 Å². The number of nitrogens with zero attached hydrogens (tertiary/aromatic N) is 4. The molecule has 3 heterocycles. The molecule has 0 radical (unpaired) electrons. The van der Waals surface area contributed by atoms with Crippen molar-refractivity contribution in [3.63, 3.8) is 0 Å². The summed E-state index contributed by atoms with van der Waals surface area (Å²) < 4.78 is 2.60. The molecule has 2 amide bonds. The quantitative estimate of drug-likeness (QED) is 0.611. The van der Waals surface area contributed by atoms with Crippen LogP contribution in [0, 0.1) is 0 Å². The molecule has 1 aliphatic rings. The summed E-state index contributed by atoms with van der Waals surface area (Å²) in [5.74, 6) is -0.173. The Kier molecular flexibility index (Phi) is 5.54. The van der Waals surface area contributed by atoms with Gasteiger partial charge in [-0.05, 0) is 36.8 Å². The van der Waals surface area contributed by atoms with Crippen LogP contribution in [0.2, 0.25) is 0 Å². The van der Waals surface area contributed by atoms with Gasteiger partial charge in [0.1, 0.15) is 5.82 Å². The molecule has 3 aromatic rings. The Balaban J connectivity index is 1.43. The van der Waals surface area contributed by atoms with Gasteiger partial charge < -0.3 is 16.0 Å². The number of nitrogens with two attached hydrogens (primary N) is 1. The van der Waals surface area contributed by atoms with Crippen molar-refractivity contribution < 1.29 is 9.59 Å². The van der Waals surface area contributed by atoms with Crippen molar-refractivity contribution in [1.82, 2.24) is 25.0 Å². The first-order valence-electron chi connectivity index (χ1n) is 9.51. The lowest BCUT2D eigenvalue weighted by molar-refractivity contribution is 0.0783. The van der Waals surface area contributed by atoms with Gasteiger partial charge in [0.2, 0.25) is 0 Å². The summed E-state index contributed by atoms with van der Waals surface area (Å²) >= 11 is 3.37. The number of rotatable bonds is 4. The van der Waals surface area contributed by atoms with Crippen LogP contribution in [0.3, 0.4) is 0 Å². The highest BCUT2D eigenvalue weighted by molar-refractivity contribution is 9.10. The molecule has 9 heteroatoms. The third kappa shape index (κ3) is 4.20. The molecule has 0 spiro atoms. The predicted molar refractivity (Wildman–Crippen MR) is 117 cm³/mol. The number of amides is 2. The Morgan fingerprint density at radius 3 is 2.67 bits per heavy atom. The lowest BCUT2D eigenvalue weighted by Gasteiger charge is -2.17. The van der Waals surface area contributed by atoms with Crippen molar-refractivity contribution in [2.45, 2.75) is 12.5 Å². The van der Waals surface area contributed by atoms with Crippen LogP contribution in [0.4, 0.5) is 5.82 Å². The molecular weight excluding hydrogens is 448 g/mol. The third-order valence-electron chi connectivity index (χ3n) is 5.10. The van der Waals surface area contributed by atoms with Crippen LogP contribution in [0.25, 0.3) is 11.1 Å². The van der Waals surface area contributed by atoms with Gasteiger partial charge in [0.05, 0.1) is 11.8 Å². The Morgan fingerprint density at radius 1 is 1.20 bits per heavy atom. The molecule has 0 saturated carbocycles. The van der Waals surface area contributed by atoms with E-state index in [2.05, 4.69) is 31.3 Å². The van der Waals surface area contributed by atoms with E-state index < -0.39 is 0 Å². The lowest BCUT2D eigenvalue weighted by atomic mass is 10.1. The van der Waals surface area contributed by atoms with Crippen molar-refractivity contribution in [3.8, 4) is 11.1 Å². The molecule has 1 atom stereocenters. The Hall–Kier alpha value is -3.20. The lowest BCUT2D eigenvalue weighted by Crippen LogP contribution is -2.38. The normalized spacial score (nSPS) is 15.9. The van der Waals surface area contributed by atoms with Crippen LogP contribution >= 0.6 is 15.9 Å². The zero-order valence-corrected chi connectivity index (χ0v) is 18.0. The highest BCUT2D eigenvalue weighted by atomic mass is 79.9. The summed E-state index contributed by atoms with van der Waals surface area (Å²) in [6.45, 7) is 1.04. The first kappa shape index (κ1) is 20.1. The van der Waals surface area contributed by atoms with E-state index in [1.807, 2.05) is 25.4 Å². The molecule has 30 heavy (non-hydrogen) atoms. The van der Waals surface area contributed by atoms with Crippen LogP contribution < -0.4 is 11.1 Å². The number of aryl methyl sites for hydroxylation is 1. The summed E-state index contributed by atoms with van der Waals surface area (Å²) in [6, 6.07) is 8.83. The number of anilines is 1. The van der Waals surface area contributed by atoms with Crippen molar-refractivity contribution in [3.05, 3.63) is 64.5 Å². The number of benzene rings is 1. The molecule has 1 fully saturated rings. The third-order valence-corrected chi connectivity index (χ3v) is 5.63. The van der Waals surface area contributed by atoms with E-state index in [0.717, 1.165) is 15.6 Å². The maximum Gasteiger partial charge on any atom is 0.255 e. The van der Waals surface area contributed by atoms with Crippen molar-refractivity contribution in [1.29, 1.82) is 0 Å². The van der Waals surface area contributed by atoms with Gasteiger partial charge in [-0.1, -0.05) is 15.9 Å². The number of nitrogen functional groups attached to an aromatic ring is 1. The van der Waals surface area contributed by atoms with E-state index >= 15 is 0 Å². The number of likely N-dealkylation sites (tertiary alicyclic amines) is 1. The van der Waals surface area contributed by atoms with Crippen molar-refractivity contribution >= 4 is 33.6 Å². The van der Waals surface area contributed by atoms with Crippen LogP contribution in [0.5, 0.6) is 0 Å². The predicted octanol–water partition coefficient (Wildman–Crippen LogP) is 2.47. The molecular formula is C21H21BrN6O2. The van der Waals surface area contributed by atoms with Crippen LogP contribution in [0.15, 0.2) is 53.4 Å². The molecule has 8 nitrogen and oxygen atoms in total. The fourth-order valence-electron chi connectivity index (χ4n) is 3.49. The minimum atomic E-state index is -0.298.